The molecule has 1 heterocycles. The van der Waals surface area contributed by atoms with Gasteiger partial charge in [0.05, 0.1) is 7.11 Å². The molecule has 6 heteroatoms. The van der Waals surface area contributed by atoms with Gasteiger partial charge in [-0.3, -0.25) is 0 Å². The van der Waals surface area contributed by atoms with E-state index in [4.69, 9.17) is 9.47 Å². The van der Waals surface area contributed by atoms with Crippen LogP contribution in [0, 0.1) is 0 Å². The number of methoxy groups -OCH3 is 1. The van der Waals surface area contributed by atoms with Gasteiger partial charge in [-0.2, -0.15) is 0 Å². The third-order valence-corrected chi connectivity index (χ3v) is 4.76. The summed E-state index contributed by atoms with van der Waals surface area (Å²) in [4.78, 5) is 16.5. The lowest BCUT2D eigenvalue weighted by molar-refractivity contribution is 0.0492. The maximum Gasteiger partial charge on any atom is 0.407 e. The van der Waals surface area contributed by atoms with E-state index in [0.29, 0.717) is 6.04 Å². The lowest BCUT2D eigenvalue weighted by Crippen LogP contribution is -2.42. The molecule has 1 saturated carbocycles. The summed E-state index contributed by atoms with van der Waals surface area (Å²) < 4.78 is 10.6. The Kier molecular flexibility index (Phi) is 5.73. The van der Waals surface area contributed by atoms with Gasteiger partial charge in [0, 0.05) is 23.7 Å². The number of alkyl carbamates (subject to hydrolysis) is 1. The van der Waals surface area contributed by atoms with Crippen LogP contribution in [0.1, 0.15) is 46.5 Å². The Hall–Kier alpha value is -2.50. The van der Waals surface area contributed by atoms with Gasteiger partial charge >= 0.3 is 6.09 Å². The molecular formula is C21H29N3O3. The topological polar surface area (TPSA) is 72.5 Å². The molecule has 1 aromatic heterocycles. The van der Waals surface area contributed by atoms with E-state index in [0.717, 1.165) is 48.0 Å². The molecule has 0 aliphatic heterocycles. The first kappa shape index (κ1) is 19.3. The van der Waals surface area contributed by atoms with Crippen molar-refractivity contribution < 1.29 is 14.3 Å². The molecular weight excluding hydrogens is 342 g/mol. The summed E-state index contributed by atoms with van der Waals surface area (Å²) in [5.74, 6) is 1.74. The minimum atomic E-state index is -0.467. The van der Waals surface area contributed by atoms with Crippen LogP contribution in [-0.2, 0) is 4.74 Å². The van der Waals surface area contributed by atoms with Gasteiger partial charge in [-0.05, 0) is 76.1 Å². The molecule has 0 unspecified atom stereocenters. The molecule has 2 N–H and O–H groups in total. The Bertz CT molecular complexity index is 793. The van der Waals surface area contributed by atoms with Crippen molar-refractivity contribution in [2.75, 3.05) is 12.4 Å². The number of fused-ring (bicyclic) bond motifs is 1. The number of nitrogens with one attached hydrogen (secondary N) is 2. The highest BCUT2D eigenvalue weighted by Crippen LogP contribution is 2.28. The molecule has 6 nitrogen and oxygen atoms in total. The van der Waals surface area contributed by atoms with E-state index in [1.165, 1.54) is 0 Å². The fraction of sp³-hybridized carbons (Fsp3) is 0.524. The molecule has 2 aromatic rings. The van der Waals surface area contributed by atoms with Gasteiger partial charge in [-0.25, -0.2) is 9.78 Å². The third-order valence-electron chi connectivity index (χ3n) is 4.76. The molecule has 0 bridgehead atoms. The van der Waals surface area contributed by atoms with Crippen LogP contribution in [0.15, 0.2) is 30.5 Å². The molecule has 1 aliphatic carbocycles. The molecule has 0 radical (unpaired) electrons. The van der Waals surface area contributed by atoms with Crippen molar-refractivity contribution in [3.8, 4) is 5.75 Å². The lowest BCUT2D eigenvalue weighted by atomic mass is 9.91. The van der Waals surface area contributed by atoms with Crippen LogP contribution in [0.5, 0.6) is 5.75 Å². The number of anilines is 1. The molecule has 1 amide bonds. The zero-order valence-electron chi connectivity index (χ0n) is 16.5. The van der Waals surface area contributed by atoms with Crippen molar-refractivity contribution >= 4 is 22.7 Å². The first-order valence-electron chi connectivity index (χ1n) is 9.53. The second-order valence-electron chi connectivity index (χ2n) is 8.09. The number of carbonyl (C=O) groups excluding carboxylic acids is 1. The smallest absolute Gasteiger partial charge is 0.407 e. The number of hydrogen-bond donors (Lipinski definition) is 2. The highest BCUT2D eigenvalue weighted by atomic mass is 16.6. The number of benzene rings is 1. The first-order valence-corrected chi connectivity index (χ1v) is 9.53. The predicted molar refractivity (Wildman–Crippen MR) is 107 cm³/mol. The Labute approximate surface area is 160 Å². The zero-order valence-corrected chi connectivity index (χ0v) is 16.5. The Morgan fingerprint density at radius 2 is 1.81 bits per heavy atom. The Morgan fingerprint density at radius 3 is 2.48 bits per heavy atom. The van der Waals surface area contributed by atoms with Gasteiger partial charge in [0.25, 0.3) is 0 Å². The minimum Gasteiger partial charge on any atom is -0.497 e. The third kappa shape index (κ3) is 5.25. The van der Waals surface area contributed by atoms with Crippen molar-refractivity contribution in [3.05, 3.63) is 30.5 Å². The standard InChI is InChI=1S/C21H29N3O3/c1-21(2,3)27-20(25)24-16-7-5-15(6-8-16)23-19-18-10-9-17(26-4)13-14(18)11-12-22-19/h9-13,15-16H,5-8H2,1-4H3,(H,22,23)(H,24,25). The number of amides is 1. The molecule has 1 aromatic carbocycles. The summed E-state index contributed by atoms with van der Waals surface area (Å²) in [5, 5.41) is 8.76. The van der Waals surface area contributed by atoms with Crippen LogP contribution >= 0.6 is 0 Å². The maximum atomic E-state index is 11.9. The van der Waals surface area contributed by atoms with Crippen molar-refractivity contribution in [1.29, 1.82) is 0 Å². The molecule has 1 fully saturated rings. The Morgan fingerprint density at radius 1 is 1.11 bits per heavy atom. The number of carbonyl (C=O) groups is 1. The fourth-order valence-corrected chi connectivity index (χ4v) is 3.45. The quantitative estimate of drug-likeness (QED) is 0.828. The first-order chi connectivity index (χ1) is 12.8. The molecule has 1 aliphatic rings. The molecule has 146 valence electrons. The number of ether oxygens (including phenoxy) is 2. The summed E-state index contributed by atoms with van der Waals surface area (Å²) in [6.07, 6.45) is 5.30. The van der Waals surface area contributed by atoms with Crippen LogP contribution in [0.3, 0.4) is 0 Å². The average molecular weight is 371 g/mol. The van der Waals surface area contributed by atoms with E-state index >= 15 is 0 Å². The normalized spacial score (nSPS) is 20.1. The summed E-state index contributed by atoms with van der Waals surface area (Å²) in [5.41, 5.74) is -0.467. The van der Waals surface area contributed by atoms with Gasteiger partial charge in [0.15, 0.2) is 0 Å². The number of hydrogen-bond acceptors (Lipinski definition) is 5. The summed E-state index contributed by atoms with van der Waals surface area (Å²) in [6.45, 7) is 5.63. The summed E-state index contributed by atoms with van der Waals surface area (Å²) in [6, 6.07) is 8.52. The van der Waals surface area contributed by atoms with Gasteiger partial charge in [-0.1, -0.05) is 0 Å². The molecule has 3 rings (SSSR count). The van der Waals surface area contributed by atoms with Crippen molar-refractivity contribution in [3.63, 3.8) is 0 Å². The van der Waals surface area contributed by atoms with E-state index in [1.54, 1.807) is 7.11 Å². The van der Waals surface area contributed by atoms with E-state index in [2.05, 4.69) is 15.6 Å². The summed E-state index contributed by atoms with van der Waals surface area (Å²) in [7, 11) is 1.67. The zero-order chi connectivity index (χ0) is 19.4. The van der Waals surface area contributed by atoms with Gasteiger partial charge in [-0.15, -0.1) is 0 Å². The Balaban J connectivity index is 1.57. The molecule has 0 saturated heterocycles. The van der Waals surface area contributed by atoms with Crippen LogP contribution in [0.25, 0.3) is 10.8 Å². The molecule has 0 spiro atoms. The van der Waals surface area contributed by atoms with Crippen molar-refractivity contribution in [2.45, 2.75) is 64.1 Å². The average Bonchev–Trinajstić information content (AvgIpc) is 2.61. The van der Waals surface area contributed by atoms with Crippen LogP contribution < -0.4 is 15.4 Å². The van der Waals surface area contributed by atoms with Crippen LogP contribution in [0.2, 0.25) is 0 Å². The monoisotopic (exact) mass is 371 g/mol. The van der Waals surface area contributed by atoms with Crippen LogP contribution in [0.4, 0.5) is 10.6 Å². The second kappa shape index (κ2) is 8.03. The largest absolute Gasteiger partial charge is 0.497 e. The number of nitrogens with zero attached hydrogens (tertiary/aromatic N) is 1. The van der Waals surface area contributed by atoms with E-state index < -0.39 is 5.60 Å². The molecule has 27 heavy (non-hydrogen) atoms. The maximum absolute atomic E-state index is 11.9. The van der Waals surface area contributed by atoms with Crippen LogP contribution in [-0.4, -0.2) is 35.9 Å². The van der Waals surface area contributed by atoms with E-state index in [9.17, 15) is 4.79 Å². The van der Waals surface area contributed by atoms with Gasteiger partial charge < -0.3 is 20.1 Å². The van der Waals surface area contributed by atoms with Crippen molar-refractivity contribution in [1.82, 2.24) is 10.3 Å². The summed E-state index contributed by atoms with van der Waals surface area (Å²) >= 11 is 0. The van der Waals surface area contributed by atoms with E-state index in [1.807, 2.05) is 51.2 Å². The highest BCUT2D eigenvalue weighted by molar-refractivity contribution is 5.92. The number of rotatable bonds is 4. The van der Waals surface area contributed by atoms with Crippen molar-refractivity contribution in [2.24, 2.45) is 0 Å². The predicted octanol–water partition coefficient (Wildman–Crippen LogP) is 4.49. The second-order valence-corrected chi connectivity index (χ2v) is 8.09. The number of aromatic nitrogens is 1. The number of pyridine rings is 1. The lowest BCUT2D eigenvalue weighted by Gasteiger charge is -2.31. The SMILES string of the molecule is COc1ccc2c(NC3CCC(NC(=O)OC(C)(C)C)CC3)nccc2c1. The fourth-order valence-electron chi connectivity index (χ4n) is 3.45. The molecule has 0 atom stereocenters. The highest BCUT2D eigenvalue weighted by Gasteiger charge is 2.25. The van der Waals surface area contributed by atoms with E-state index in [-0.39, 0.29) is 12.1 Å². The minimum absolute atomic E-state index is 0.169. The van der Waals surface area contributed by atoms with Gasteiger partial charge in [0.1, 0.15) is 17.2 Å². The van der Waals surface area contributed by atoms with Gasteiger partial charge in [0.2, 0.25) is 0 Å².